The molecule has 0 amide bonds. The predicted octanol–water partition coefficient (Wildman–Crippen LogP) is 4.02. The Labute approximate surface area is 160 Å². The number of pyridine rings is 2. The number of rotatable bonds is 8. The third-order valence-electron chi connectivity index (χ3n) is 4.85. The number of hydrogen-bond donors (Lipinski definition) is 1. The second-order valence-electron chi connectivity index (χ2n) is 6.38. The van der Waals surface area contributed by atoms with Crippen LogP contribution >= 0.6 is 0 Å². The summed E-state index contributed by atoms with van der Waals surface area (Å²) in [6, 6.07) is 11.9. The molecular formula is C22H27N3O2. The largest absolute Gasteiger partial charge is 0.381 e. The van der Waals surface area contributed by atoms with Crippen molar-refractivity contribution < 1.29 is 4.74 Å². The van der Waals surface area contributed by atoms with Crippen molar-refractivity contribution in [1.29, 1.82) is 0 Å². The average Bonchev–Trinajstić information content (AvgIpc) is 2.69. The molecule has 27 heavy (non-hydrogen) atoms. The summed E-state index contributed by atoms with van der Waals surface area (Å²) in [6.07, 6.45) is 2.49. The third kappa shape index (κ3) is 4.03. The van der Waals surface area contributed by atoms with Gasteiger partial charge in [0.25, 0.3) is 5.56 Å². The minimum Gasteiger partial charge on any atom is -0.381 e. The zero-order valence-corrected chi connectivity index (χ0v) is 16.3. The van der Waals surface area contributed by atoms with Crippen LogP contribution in [0.3, 0.4) is 0 Å². The zero-order valence-electron chi connectivity index (χ0n) is 16.3. The van der Waals surface area contributed by atoms with E-state index in [0.29, 0.717) is 25.2 Å². The Kier molecular flexibility index (Phi) is 6.24. The molecule has 0 fully saturated rings. The van der Waals surface area contributed by atoms with Gasteiger partial charge in [-0.2, -0.15) is 0 Å². The van der Waals surface area contributed by atoms with Crippen LogP contribution in [-0.4, -0.2) is 36.3 Å². The summed E-state index contributed by atoms with van der Waals surface area (Å²) in [5, 5.41) is 1.06. The van der Waals surface area contributed by atoms with Gasteiger partial charge in [0.05, 0.1) is 12.2 Å². The molecule has 0 aliphatic carbocycles. The Morgan fingerprint density at radius 3 is 2.52 bits per heavy atom. The molecule has 2 heterocycles. The molecular weight excluding hydrogens is 338 g/mol. The number of anilines is 1. The van der Waals surface area contributed by atoms with Gasteiger partial charge in [-0.3, -0.25) is 4.79 Å². The fraction of sp³-hybridized carbons (Fsp3) is 0.364. The monoisotopic (exact) mass is 365 g/mol. The quantitative estimate of drug-likeness (QED) is 0.613. The number of hydrogen-bond acceptors (Lipinski definition) is 4. The number of aromatic nitrogens is 2. The van der Waals surface area contributed by atoms with Crippen molar-refractivity contribution in [3.8, 4) is 11.1 Å². The topological polar surface area (TPSA) is 58.2 Å². The van der Waals surface area contributed by atoms with E-state index >= 15 is 0 Å². The first-order chi connectivity index (χ1) is 13.2. The van der Waals surface area contributed by atoms with Gasteiger partial charge in [-0.05, 0) is 51.0 Å². The highest BCUT2D eigenvalue weighted by Gasteiger charge is 2.15. The number of H-pyrrole nitrogens is 1. The van der Waals surface area contributed by atoms with Crippen molar-refractivity contribution in [2.75, 3.05) is 31.2 Å². The molecule has 3 aromatic rings. The zero-order chi connectivity index (χ0) is 19.2. The Hall–Kier alpha value is -2.66. The smallest absolute Gasteiger partial charge is 0.256 e. The molecule has 0 radical (unpaired) electrons. The predicted molar refractivity (Wildman–Crippen MR) is 112 cm³/mol. The molecule has 0 saturated carbocycles. The van der Waals surface area contributed by atoms with Gasteiger partial charge >= 0.3 is 0 Å². The van der Waals surface area contributed by atoms with Crippen LogP contribution in [0, 0.1) is 0 Å². The summed E-state index contributed by atoms with van der Waals surface area (Å²) < 4.78 is 5.56. The molecule has 0 aliphatic rings. The Bertz CT molecular complexity index is 944. The van der Waals surface area contributed by atoms with Gasteiger partial charge in [0.2, 0.25) is 0 Å². The van der Waals surface area contributed by atoms with E-state index in [2.05, 4.69) is 28.7 Å². The van der Waals surface area contributed by atoms with E-state index in [4.69, 9.17) is 4.74 Å². The summed E-state index contributed by atoms with van der Waals surface area (Å²) in [5.41, 5.74) is 3.31. The van der Waals surface area contributed by atoms with E-state index in [0.717, 1.165) is 40.9 Å². The molecule has 142 valence electrons. The normalized spacial score (nSPS) is 11.1. The number of para-hydroxylation sites is 1. The molecule has 2 aromatic heterocycles. The molecule has 1 aromatic carbocycles. The van der Waals surface area contributed by atoms with Crippen molar-refractivity contribution in [1.82, 2.24) is 9.97 Å². The molecule has 3 rings (SSSR count). The maximum Gasteiger partial charge on any atom is 0.256 e. The van der Waals surface area contributed by atoms with E-state index in [-0.39, 0.29) is 5.56 Å². The Morgan fingerprint density at radius 2 is 1.85 bits per heavy atom. The summed E-state index contributed by atoms with van der Waals surface area (Å²) >= 11 is 0. The molecule has 0 bridgehead atoms. The summed E-state index contributed by atoms with van der Waals surface area (Å²) in [6.45, 7) is 9.25. The highest BCUT2D eigenvalue weighted by Crippen LogP contribution is 2.27. The second-order valence-corrected chi connectivity index (χ2v) is 6.38. The first-order valence-corrected chi connectivity index (χ1v) is 9.62. The minimum atomic E-state index is -0.0856. The number of nitrogens with one attached hydrogen (secondary N) is 1. The molecule has 1 N–H and O–H groups in total. The van der Waals surface area contributed by atoms with Gasteiger partial charge < -0.3 is 14.6 Å². The number of nitrogens with zero attached hydrogens (tertiary/aromatic N) is 2. The van der Waals surface area contributed by atoms with Crippen LogP contribution in [0.5, 0.6) is 0 Å². The van der Waals surface area contributed by atoms with E-state index in [1.807, 2.05) is 43.3 Å². The minimum absolute atomic E-state index is 0.0856. The Morgan fingerprint density at radius 1 is 1.07 bits per heavy atom. The molecule has 5 heteroatoms. The van der Waals surface area contributed by atoms with E-state index in [1.54, 1.807) is 6.20 Å². The second kappa shape index (κ2) is 8.82. The molecule has 0 atom stereocenters. The van der Waals surface area contributed by atoms with Crippen LogP contribution in [0.15, 0.2) is 47.4 Å². The first-order valence-electron chi connectivity index (χ1n) is 9.62. The highest BCUT2D eigenvalue weighted by molar-refractivity contribution is 5.88. The molecule has 0 saturated heterocycles. The van der Waals surface area contributed by atoms with Crippen LogP contribution in [-0.2, 0) is 11.2 Å². The van der Waals surface area contributed by atoms with Gasteiger partial charge in [-0.1, -0.05) is 18.2 Å². The molecule has 0 unspecified atom stereocenters. The van der Waals surface area contributed by atoms with E-state index < -0.39 is 0 Å². The van der Waals surface area contributed by atoms with Gasteiger partial charge in [-0.25, -0.2) is 4.98 Å². The van der Waals surface area contributed by atoms with E-state index in [1.165, 1.54) is 0 Å². The van der Waals surface area contributed by atoms with Crippen LogP contribution in [0.25, 0.3) is 22.0 Å². The molecule has 0 aliphatic heterocycles. The van der Waals surface area contributed by atoms with Crippen LogP contribution < -0.4 is 10.5 Å². The number of aromatic amines is 1. The van der Waals surface area contributed by atoms with Crippen molar-refractivity contribution in [2.45, 2.75) is 27.2 Å². The standard InChI is InChI=1S/C22H27N3O2/c1-4-25(5-2)20-12-11-16(15-23-20)21-18(13-14-27-6-3)17-9-7-8-10-19(17)24-22(21)26/h7-12,15H,4-6,13-14H2,1-3H3,(H,24,26). The lowest BCUT2D eigenvalue weighted by Crippen LogP contribution is -2.22. The van der Waals surface area contributed by atoms with Crippen molar-refractivity contribution in [3.63, 3.8) is 0 Å². The maximum atomic E-state index is 12.9. The summed E-state index contributed by atoms with van der Waals surface area (Å²) in [4.78, 5) is 22.7. The number of fused-ring (bicyclic) bond motifs is 1. The fourth-order valence-corrected chi connectivity index (χ4v) is 3.46. The lowest BCUT2D eigenvalue weighted by atomic mass is 9.96. The fourth-order valence-electron chi connectivity index (χ4n) is 3.46. The Balaban J connectivity index is 2.10. The highest BCUT2D eigenvalue weighted by atomic mass is 16.5. The lowest BCUT2D eigenvalue weighted by molar-refractivity contribution is 0.151. The maximum absolute atomic E-state index is 12.9. The average molecular weight is 365 g/mol. The van der Waals surface area contributed by atoms with Gasteiger partial charge in [-0.15, -0.1) is 0 Å². The van der Waals surface area contributed by atoms with Gasteiger partial charge in [0, 0.05) is 42.4 Å². The number of ether oxygens (including phenoxy) is 1. The first kappa shape index (κ1) is 19.1. The number of benzene rings is 1. The molecule has 5 nitrogen and oxygen atoms in total. The summed E-state index contributed by atoms with van der Waals surface area (Å²) in [7, 11) is 0. The van der Waals surface area contributed by atoms with Crippen LogP contribution in [0.1, 0.15) is 26.3 Å². The van der Waals surface area contributed by atoms with E-state index in [9.17, 15) is 4.79 Å². The van der Waals surface area contributed by atoms with Crippen LogP contribution in [0.2, 0.25) is 0 Å². The SMILES string of the molecule is CCOCCc1c(-c2ccc(N(CC)CC)nc2)c(=O)[nH]c2ccccc12. The summed E-state index contributed by atoms with van der Waals surface area (Å²) in [5.74, 6) is 0.928. The van der Waals surface area contributed by atoms with Crippen molar-refractivity contribution in [2.24, 2.45) is 0 Å². The molecule has 0 spiro atoms. The lowest BCUT2D eigenvalue weighted by Gasteiger charge is -2.20. The van der Waals surface area contributed by atoms with Crippen molar-refractivity contribution >= 4 is 16.7 Å². The van der Waals surface area contributed by atoms with Crippen LogP contribution in [0.4, 0.5) is 5.82 Å². The van der Waals surface area contributed by atoms with Gasteiger partial charge in [0.15, 0.2) is 0 Å². The van der Waals surface area contributed by atoms with Gasteiger partial charge in [0.1, 0.15) is 5.82 Å². The van der Waals surface area contributed by atoms with Crippen molar-refractivity contribution in [3.05, 3.63) is 58.5 Å². The third-order valence-corrected chi connectivity index (χ3v) is 4.85.